The first-order valence-electron chi connectivity index (χ1n) is 8.53. The van der Waals surface area contributed by atoms with Crippen molar-refractivity contribution in [2.45, 2.75) is 19.5 Å². The van der Waals surface area contributed by atoms with Crippen molar-refractivity contribution in [2.24, 2.45) is 0 Å². The summed E-state index contributed by atoms with van der Waals surface area (Å²) in [4.78, 5) is 12.1. The summed E-state index contributed by atoms with van der Waals surface area (Å²) in [5.41, 5.74) is 3.59. The van der Waals surface area contributed by atoms with Gasteiger partial charge in [0.15, 0.2) is 11.6 Å². The molecule has 1 atom stereocenters. The standard InChI is InChI=1S/C20H21FN4O2/c1-13(16-7-8-19(27-2)17(21)11-16)24-20(26)22-12-14-3-5-15(6-4-14)18-9-10-23-25-18/h3-11,13H,12H2,1-2H3,(H,23,25)(H2,22,24,26). The van der Waals surface area contributed by atoms with Crippen LogP contribution in [-0.4, -0.2) is 23.3 Å². The van der Waals surface area contributed by atoms with E-state index >= 15 is 0 Å². The first-order valence-corrected chi connectivity index (χ1v) is 8.53. The maximum Gasteiger partial charge on any atom is 0.315 e. The molecule has 0 saturated carbocycles. The quantitative estimate of drug-likeness (QED) is 0.619. The molecule has 27 heavy (non-hydrogen) atoms. The van der Waals surface area contributed by atoms with Gasteiger partial charge in [0, 0.05) is 12.7 Å². The Kier molecular flexibility index (Phi) is 5.71. The van der Waals surface area contributed by atoms with Crippen LogP contribution in [0, 0.1) is 5.82 Å². The number of benzene rings is 2. The highest BCUT2D eigenvalue weighted by molar-refractivity contribution is 5.74. The summed E-state index contributed by atoms with van der Waals surface area (Å²) in [6.07, 6.45) is 1.70. The SMILES string of the molecule is COc1ccc(C(C)NC(=O)NCc2ccc(-c3ccn[nH]3)cc2)cc1F. The minimum absolute atomic E-state index is 0.175. The lowest BCUT2D eigenvalue weighted by molar-refractivity contribution is 0.237. The van der Waals surface area contributed by atoms with Crippen LogP contribution in [-0.2, 0) is 6.54 Å². The molecule has 140 valence electrons. The van der Waals surface area contributed by atoms with Crippen molar-refractivity contribution in [3.8, 4) is 17.0 Å². The molecule has 0 aliphatic rings. The third kappa shape index (κ3) is 4.63. The van der Waals surface area contributed by atoms with Gasteiger partial charge in [-0.1, -0.05) is 30.3 Å². The summed E-state index contributed by atoms with van der Waals surface area (Å²) >= 11 is 0. The van der Waals surface area contributed by atoms with Gasteiger partial charge in [-0.05, 0) is 41.8 Å². The molecule has 3 rings (SSSR count). The highest BCUT2D eigenvalue weighted by atomic mass is 19.1. The molecule has 6 nitrogen and oxygen atoms in total. The number of halogens is 1. The zero-order valence-electron chi connectivity index (χ0n) is 15.1. The molecule has 0 aliphatic carbocycles. The lowest BCUT2D eigenvalue weighted by atomic mass is 10.1. The van der Waals surface area contributed by atoms with Crippen LogP contribution < -0.4 is 15.4 Å². The molecule has 1 unspecified atom stereocenters. The predicted molar refractivity (Wildman–Crippen MR) is 101 cm³/mol. The van der Waals surface area contributed by atoms with Crippen LogP contribution in [0.2, 0.25) is 0 Å². The number of carbonyl (C=O) groups is 1. The van der Waals surface area contributed by atoms with Crippen LogP contribution in [0.3, 0.4) is 0 Å². The lowest BCUT2D eigenvalue weighted by Crippen LogP contribution is -2.36. The summed E-state index contributed by atoms with van der Waals surface area (Å²) in [6, 6.07) is 13.7. The van der Waals surface area contributed by atoms with Gasteiger partial charge in [0.2, 0.25) is 0 Å². The van der Waals surface area contributed by atoms with Gasteiger partial charge in [0.1, 0.15) is 0 Å². The zero-order valence-corrected chi connectivity index (χ0v) is 15.1. The third-order valence-corrected chi connectivity index (χ3v) is 4.24. The highest BCUT2D eigenvalue weighted by Gasteiger charge is 2.12. The molecule has 3 N–H and O–H groups in total. The molecule has 0 fully saturated rings. The van der Waals surface area contributed by atoms with E-state index in [9.17, 15) is 9.18 Å². The fourth-order valence-corrected chi connectivity index (χ4v) is 2.68. The van der Waals surface area contributed by atoms with Gasteiger partial charge >= 0.3 is 6.03 Å². The number of hydrogen-bond donors (Lipinski definition) is 3. The Labute approximate surface area is 156 Å². The molecule has 3 aromatic rings. The first-order chi connectivity index (χ1) is 13.1. The van der Waals surface area contributed by atoms with Crippen LogP contribution in [0.1, 0.15) is 24.1 Å². The topological polar surface area (TPSA) is 79.0 Å². The second-order valence-corrected chi connectivity index (χ2v) is 6.11. The molecule has 0 bridgehead atoms. The van der Waals surface area contributed by atoms with Gasteiger partial charge in [0.25, 0.3) is 0 Å². The van der Waals surface area contributed by atoms with Crippen LogP contribution >= 0.6 is 0 Å². The molecule has 2 amide bonds. The van der Waals surface area contributed by atoms with Crippen LogP contribution in [0.4, 0.5) is 9.18 Å². The number of rotatable bonds is 6. The van der Waals surface area contributed by atoms with Crippen molar-refractivity contribution >= 4 is 6.03 Å². The fraction of sp³-hybridized carbons (Fsp3) is 0.200. The average Bonchev–Trinajstić information content (AvgIpc) is 3.21. The molecular weight excluding hydrogens is 347 g/mol. The lowest BCUT2D eigenvalue weighted by Gasteiger charge is -2.16. The van der Waals surface area contributed by atoms with Gasteiger partial charge in [-0.2, -0.15) is 5.10 Å². The van der Waals surface area contributed by atoms with E-state index in [2.05, 4.69) is 20.8 Å². The van der Waals surface area contributed by atoms with Crippen molar-refractivity contribution in [3.05, 3.63) is 71.7 Å². The Morgan fingerprint density at radius 1 is 1.22 bits per heavy atom. The number of urea groups is 1. The predicted octanol–water partition coefficient (Wildman–Crippen LogP) is 3.78. The highest BCUT2D eigenvalue weighted by Crippen LogP contribution is 2.21. The number of methoxy groups -OCH3 is 1. The van der Waals surface area contributed by atoms with E-state index in [0.717, 1.165) is 16.8 Å². The van der Waals surface area contributed by atoms with Crippen molar-refractivity contribution in [1.29, 1.82) is 0 Å². The Morgan fingerprint density at radius 2 is 2.00 bits per heavy atom. The number of aromatic amines is 1. The van der Waals surface area contributed by atoms with E-state index < -0.39 is 5.82 Å². The number of hydrogen-bond acceptors (Lipinski definition) is 3. The van der Waals surface area contributed by atoms with Crippen molar-refractivity contribution < 1.29 is 13.9 Å². The molecule has 7 heteroatoms. The number of nitrogens with one attached hydrogen (secondary N) is 3. The minimum Gasteiger partial charge on any atom is -0.494 e. The van der Waals surface area contributed by atoms with E-state index in [1.54, 1.807) is 25.3 Å². The fourth-order valence-electron chi connectivity index (χ4n) is 2.68. The summed E-state index contributed by atoms with van der Waals surface area (Å²) < 4.78 is 18.7. The number of nitrogens with zero attached hydrogens (tertiary/aromatic N) is 1. The monoisotopic (exact) mass is 368 g/mol. The van der Waals surface area contributed by atoms with Crippen LogP contribution in [0.15, 0.2) is 54.7 Å². The largest absolute Gasteiger partial charge is 0.494 e. The Bertz CT molecular complexity index is 895. The maximum absolute atomic E-state index is 13.8. The first kappa shape index (κ1) is 18.4. The number of aromatic nitrogens is 2. The molecule has 1 heterocycles. The van der Waals surface area contributed by atoms with Gasteiger partial charge in [-0.25, -0.2) is 9.18 Å². The minimum atomic E-state index is -0.457. The third-order valence-electron chi connectivity index (χ3n) is 4.24. The van der Waals surface area contributed by atoms with Gasteiger partial charge in [0.05, 0.1) is 18.8 Å². The molecule has 0 aliphatic heterocycles. The normalized spacial score (nSPS) is 11.7. The van der Waals surface area contributed by atoms with E-state index in [0.29, 0.717) is 12.1 Å². The number of ether oxygens (including phenoxy) is 1. The van der Waals surface area contributed by atoms with E-state index in [-0.39, 0.29) is 17.8 Å². The Hall–Kier alpha value is -3.35. The average molecular weight is 368 g/mol. The van der Waals surface area contributed by atoms with Crippen molar-refractivity contribution in [2.75, 3.05) is 7.11 Å². The van der Waals surface area contributed by atoms with E-state index in [4.69, 9.17) is 4.74 Å². The molecule has 1 aromatic heterocycles. The summed E-state index contributed by atoms with van der Waals surface area (Å²) in [5.74, 6) is -0.282. The second-order valence-electron chi connectivity index (χ2n) is 6.11. The summed E-state index contributed by atoms with van der Waals surface area (Å²) in [5, 5.41) is 12.4. The molecule has 0 spiro atoms. The zero-order chi connectivity index (χ0) is 19.2. The maximum atomic E-state index is 13.8. The second kappa shape index (κ2) is 8.35. The van der Waals surface area contributed by atoms with E-state index in [1.165, 1.54) is 13.2 Å². The Balaban J connectivity index is 1.52. The smallest absolute Gasteiger partial charge is 0.315 e. The number of H-pyrrole nitrogens is 1. The van der Waals surface area contributed by atoms with Crippen molar-refractivity contribution in [1.82, 2.24) is 20.8 Å². The van der Waals surface area contributed by atoms with Crippen LogP contribution in [0.5, 0.6) is 5.75 Å². The summed E-state index contributed by atoms with van der Waals surface area (Å²) in [6.45, 7) is 2.18. The molecular formula is C20H21FN4O2. The van der Waals surface area contributed by atoms with Gasteiger partial charge < -0.3 is 15.4 Å². The van der Waals surface area contributed by atoms with Gasteiger partial charge in [-0.15, -0.1) is 0 Å². The van der Waals surface area contributed by atoms with Crippen molar-refractivity contribution in [3.63, 3.8) is 0 Å². The number of carbonyl (C=O) groups excluding carboxylic acids is 1. The molecule has 0 saturated heterocycles. The molecule has 2 aromatic carbocycles. The van der Waals surface area contributed by atoms with E-state index in [1.807, 2.05) is 30.3 Å². The van der Waals surface area contributed by atoms with Crippen LogP contribution in [0.25, 0.3) is 11.3 Å². The van der Waals surface area contributed by atoms with Gasteiger partial charge in [-0.3, -0.25) is 5.10 Å². The summed E-state index contributed by atoms with van der Waals surface area (Å²) in [7, 11) is 1.41. The number of amides is 2. The molecule has 0 radical (unpaired) electrons. The Morgan fingerprint density at radius 3 is 2.63 bits per heavy atom.